The molecule has 0 atom stereocenters. The summed E-state index contributed by atoms with van der Waals surface area (Å²) >= 11 is 0. The molecule has 0 amide bonds. The van der Waals surface area contributed by atoms with Crippen LogP contribution >= 0.6 is 0 Å². The predicted octanol–water partition coefficient (Wildman–Crippen LogP) is 4.48. The topological polar surface area (TPSA) is 57.5 Å². The fourth-order valence-corrected chi connectivity index (χ4v) is 3.45. The molecule has 1 aromatic rings. The van der Waals surface area contributed by atoms with Crippen LogP contribution in [-0.2, 0) is 24.1 Å². The van der Waals surface area contributed by atoms with Crippen molar-refractivity contribution in [2.45, 2.75) is 70.6 Å². The van der Waals surface area contributed by atoms with E-state index in [1.807, 2.05) is 6.07 Å². The Morgan fingerprint density at radius 3 is 2.09 bits per heavy atom. The van der Waals surface area contributed by atoms with Crippen LogP contribution in [0.4, 0.5) is 0 Å². The second kappa shape index (κ2) is 7.37. The van der Waals surface area contributed by atoms with E-state index in [-0.39, 0.29) is 12.2 Å². The number of aliphatic carboxylic acids is 1. The van der Waals surface area contributed by atoms with Crippen molar-refractivity contribution in [2.75, 3.05) is 0 Å². The first-order valence-electron chi connectivity index (χ1n) is 9.17. The quantitative estimate of drug-likeness (QED) is 0.669. The zero-order chi connectivity index (χ0) is 16.2. The van der Waals surface area contributed by atoms with Gasteiger partial charge in [0.1, 0.15) is 5.75 Å². The van der Waals surface area contributed by atoms with Crippen LogP contribution in [0.1, 0.15) is 68.1 Å². The molecule has 2 saturated carbocycles. The number of benzene rings is 1. The maximum Gasteiger partial charge on any atom is 0.307 e. The predicted molar refractivity (Wildman–Crippen MR) is 90.8 cm³/mol. The number of phenols is 1. The standard InChI is InChI=1S/C20H28O3/c21-19(22)13-18-12-16(5-1-3-14-7-8-14)11-17(20(18)23)6-2-4-15-9-10-15/h11-12,14-15,23H,1-10,13H2,(H,21,22). The van der Waals surface area contributed by atoms with Crippen LogP contribution in [0.5, 0.6) is 5.75 Å². The smallest absolute Gasteiger partial charge is 0.307 e. The SMILES string of the molecule is O=C(O)Cc1cc(CCCC2CC2)cc(CCCC2CC2)c1O. The second-order valence-electron chi connectivity index (χ2n) is 7.50. The van der Waals surface area contributed by atoms with E-state index < -0.39 is 5.97 Å². The number of phenolic OH excluding ortho intramolecular Hbond substituents is 1. The first-order valence-corrected chi connectivity index (χ1v) is 9.17. The van der Waals surface area contributed by atoms with Gasteiger partial charge in [-0.2, -0.15) is 0 Å². The Kier molecular flexibility index (Phi) is 5.24. The summed E-state index contributed by atoms with van der Waals surface area (Å²) in [6.07, 6.45) is 12.0. The molecule has 3 rings (SSSR count). The average Bonchev–Trinajstić information content (AvgIpc) is 3.37. The van der Waals surface area contributed by atoms with Gasteiger partial charge in [0.25, 0.3) is 0 Å². The third kappa shape index (κ3) is 5.26. The van der Waals surface area contributed by atoms with Crippen molar-refractivity contribution >= 4 is 5.97 Å². The van der Waals surface area contributed by atoms with Gasteiger partial charge < -0.3 is 10.2 Å². The molecule has 0 aromatic heterocycles. The largest absolute Gasteiger partial charge is 0.507 e. The molecule has 1 aromatic carbocycles. The Balaban J connectivity index is 1.66. The van der Waals surface area contributed by atoms with Crippen molar-refractivity contribution in [3.63, 3.8) is 0 Å². The molecular formula is C20H28O3. The lowest BCUT2D eigenvalue weighted by Crippen LogP contribution is -2.03. The van der Waals surface area contributed by atoms with Crippen molar-refractivity contribution in [3.8, 4) is 5.75 Å². The lowest BCUT2D eigenvalue weighted by atomic mass is 9.95. The highest BCUT2D eigenvalue weighted by atomic mass is 16.4. The van der Waals surface area contributed by atoms with E-state index in [1.54, 1.807) is 0 Å². The zero-order valence-corrected chi connectivity index (χ0v) is 13.9. The number of hydrogen-bond acceptors (Lipinski definition) is 2. The first kappa shape index (κ1) is 16.4. The van der Waals surface area contributed by atoms with Crippen molar-refractivity contribution in [1.29, 1.82) is 0 Å². The Labute approximate surface area is 138 Å². The summed E-state index contributed by atoms with van der Waals surface area (Å²) < 4.78 is 0. The molecule has 3 nitrogen and oxygen atoms in total. The van der Waals surface area contributed by atoms with Crippen LogP contribution in [0.15, 0.2) is 12.1 Å². The van der Waals surface area contributed by atoms with Crippen LogP contribution < -0.4 is 0 Å². The van der Waals surface area contributed by atoms with E-state index in [0.717, 1.165) is 36.7 Å². The Hall–Kier alpha value is -1.51. The van der Waals surface area contributed by atoms with Crippen LogP contribution in [0, 0.1) is 11.8 Å². The maximum atomic E-state index is 11.1. The van der Waals surface area contributed by atoms with Crippen molar-refractivity contribution < 1.29 is 15.0 Å². The summed E-state index contributed by atoms with van der Waals surface area (Å²) in [6, 6.07) is 4.02. The van der Waals surface area contributed by atoms with Crippen LogP contribution in [0.2, 0.25) is 0 Å². The van der Waals surface area contributed by atoms with Gasteiger partial charge in [-0.15, -0.1) is 0 Å². The van der Waals surface area contributed by atoms with Gasteiger partial charge in [-0.25, -0.2) is 0 Å². The molecule has 0 unspecified atom stereocenters. The van der Waals surface area contributed by atoms with Crippen LogP contribution in [0.3, 0.4) is 0 Å². The molecule has 0 heterocycles. The van der Waals surface area contributed by atoms with Gasteiger partial charge in [0.15, 0.2) is 0 Å². The number of hydrogen-bond donors (Lipinski definition) is 2. The lowest BCUT2D eigenvalue weighted by molar-refractivity contribution is -0.136. The highest BCUT2D eigenvalue weighted by Gasteiger charge is 2.22. The fourth-order valence-electron chi connectivity index (χ4n) is 3.45. The number of aryl methyl sites for hydroxylation is 2. The minimum Gasteiger partial charge on any atom is -0.507 e. The average molecular weight is 316 g/mol. The fraction of sp³-hybridized carbons (Fsp3) is 0.650. The van der Waals surface area contributed by atoms with Gasteiger partial charge in [-0.3, -0.25) is 4.79 Å². The molecular weight excluding hydrogens is 288 g/mol. The Morgan fingerprint density at radius 1 is 0.957 bits per heavy atom. The van der Waals surface area contributed by atoms with Crippen LogP contribution in [-0.4, -0.2) is 16.2 Å². The van der Waals surface area contributed by atoms with E-state index in [0.29, 0.717) is 5.56 Å². The number of rotatable bonds is 10. The highest BCUT2D eigenvalue weighted by molar-refractivity contribution is 5.71. The molecule has 2 fully saturated rings. The normalized spacial score (nSPS) is 17.4. The van der Waals surface area contributed by atoms with Gasteiger partial charge >= 0.3 is 5.97 Å². The number of carbonyl (C=O) groups is 1. The third-order valence-corrected chi connectivity index (χ3v) is 5.20. The Bertz CT molecular complexity index is 556. The van der Waals surface area contributed by atoms with E-state index in [9.17, 15) is 9.90 Å². The molecule has 2 N–H and O–H groups in total. The van der Waals surface area contributed by atoms with Gasteiger partial charge in [-0.1, -0.05) is 50.7 Å². The van der Waals surface area contributed by atoms with E-state index in [2.05, 4.69) is 6.07 Å². The molecule has 2 aliphatic rings. The molecule has 0 aliphatic heterocycles. The summed E-state index contributed by atoms with van der Waals surface area (Å²) in [5.41, 5.74) is 2.73. The monoisotopic (exact) mass is 316 g/mol. The van der Waals surface area contributed by atoms with Gasteiger partial charge in [-0.05, 0) is 48.6 Å². The van der Waals surface area contributed by atoms with Crippen molar-refractivity contribution in [1.82, 2.24) is 0 Å². The summed E-state index contributed by atoms with van der Waals surface area (Å²) in [7, 11) is 0. The summed E-state index contributed by atoms with van der Waals surface area (Å²) in [5.74, 6) is 1.18. The highest BCUT2D eigenvalue weighted by Crippen LogP contribution is 2.36. The summed E-state index contributed by atoms with van der Waals surface area (Å²) in [5, 5.41) is 19.5. The molecule has 126 valence electrons. The molecule has 0 bridgehead atoms. The number of carboxylic acids is 1. The van der Waals surface area contributed by atoms with Crippen molar-refractivity contribution in [2.24, 2.45) is 11.8 Å². The van der Waals surface area contributed by atoms with Gasteiger partial charge in [0, 0.05) is 5.56 Å². The minimum atomic E-state index is -0.876. The van der Waals surface area contributed by atoms with E-state index in [4.69, 9.17) is 5.11 Å². The molecule has 2 aliphatic carbocycles. The summed E-state index contributed by atoms with van der Waals surface area (Å²) in [6.45, 7) is 0. The van der Waals surface area contributed by atoms with Gasteiger partial charge in [0.2, 0.25) is 0 Å². The number of carboxylic acid groups (broad SMARTS) is 1. The lowest BCUT2D eigenvalue weighted by Gasteiger charge is -2.12. The van der Waals surface area contributed by atoms with E-state index in [1.165, 1.54) is 50.5 Å². The zero-order valence-electron chi connectivity index (χ0n) is 13.9. The number of aromatic hydroxyl groups is 1. The van der Waals surface area contributed by atoms with Crippen molar-refractivity contribution in [3.05, 3.63) is 28.8 Å². The second-order valence-corrected chi connectivity index (χ2v) is 7.50. The van der Waals surface area contributed by atoms with Gasteiger partial charge in [0.05, 0.1) is 6.42 Å². The molecule has 0 spiro atoms. The molecule has 3 heteroatoms. The molecule has 0 radical (unpaired) electrons. The molecule has 23 heavy (non-hydrogen) atoms. The summed E-state index contributed by atoms with van der Waals surface area (Å²) in [4.78, 5) is 11.1. The third-order valence-electron chi connectivity index (χ3n) is 5.20. The maximum absolute atomic E-state index is 11.1. The van der Waals surface area contributed by atoms with E-state index >= 15 is 0 Å². The Morgan fingerprint density at radius 2 is 1.52 bits per heavy atom. The van der Waals surface area contributed by atoms with Crippen LogP contribution in [0.25, 0.3) is 0 Å². The molecule has 0 saturated heterocycles. The minimum absolute atomic E-state index is 0.0854. The first-order chi connectivity index (χ1) is 11.1.